The van der Waals surface area contributed by atoms with Crippen LogP contribution in [0.4, 0.5) is 0 Å². The molecule has 0 aliphatic carbocycles. The first-order chi connectivity index (χ1) is 23.9. The van der Waals surface area contributed by atoms with Crippen LogP contribution in [0.3, 0.4) is 0 Å². The molecule has 0 radical (unpaired) electrons. The van der Waals surface area contributed by atoms with E-state index < -0.39 is 38.1 Å². The minimum atomic E-state index is -2.75. The van der Waals surface area contributed by atoms with Gasteiger partial charge in [0.15, 0.2) is 0 Å². The number of hydrogen-bond acceptors (Lipinski definition) is 13. The van der Waals surface area contributed by atoms with Crippen LogP contribution in [0.5, 0.6) is 0 Å². The Morgan fingerprint density at radius 1 is 0.740 bits per heavy atom. The lowest BCUT2D eigenvalue weighted by Crippen LogP contribution is -2.64. The maximum Gasteiger partial charge on any atom is 0.504 e. The molecule has 296 valence electrons. The van der Waals surface area contributed by atoms with E-state index in [1.54, 1.807) is 28.3 Å². The van der Waals surface area contributed by atoms with Crippen molar-refractivity contribution in [3.05, 3.63) is 25.3 Å². The highest BCUT2D eigenvalue weighted by atomic mass is 28.4. The zero-order chi connectivity index (χ0) is 38.5. The average molecular weight is 771 g/mol. The topological polar surface area (TPSA) is 136 Å². The Kier molecular flexibility index (Phi) is 29.7. The van der Waals surface area contributed by atoms with E-state index >= 15 is 0 Å². The van der Waals surface area contributed by atoms with Crippen LogP contribution in [0.2, 0.25) is 18.1 Å². The molecule has 1 heterocycles. The van der Waals surface area contributed by atoms with E-state index in [1.165, 1.54) is 12.8 Å². The summed E-state index contributed by atoms with van der Waals surface area (Å²) in [5, 5.41) is -0.122. The molecule has 1 saturated heterocycles. The summed E-state index contributed by atoms with van der Waals surface area (Å²) >= 11 is 0. The molecule has 1 rings (SSSR count). The summed E-state index contributed by atoms with van der Waals surface area (Å²) in [4.78, 5) is 22.1. The Labute approximate surface area is 306 Å². The molecule has 0 aromatic carbocycles. The summed E-state index contributed by atoms with van der Waals surface area (Å²) in [6.07, 6.45) is 7.65. The summed E-state index contributed by atoms with van der Waals surface area (Å²) < 4.78 is 61.3. The van der Waals surface area contributed by atoms with Gasteiger partial charge in [-0.05, 0) is 67.4 Å². The van der Waals surface area contributed by atoms with Crippen LogP contribution < -0.4 is 0 Å². The predicted octanol–water partition coefficient (Wildman–Crippen LogP) is 6.55. The van der Waals surface area contributed by atoms with Crippen molar-refractivity contribution in [1.29, 1.82) is 0 Å². The number of carbonyl (C=O) groups is 2. The molecule has 0 aromatic rings. The summed E-state index contributed by atoms with van der Waals surface area (Å²) in [5.74, 6) is -0.896. The summed E-state index contributed by atoms with van der Waals surface area (Å²) in [6, 6.07) is 1.97. The minimum Gasteiger partial charge on any atom is -0.463 e. The fourth-order valence-corrected chi connectivity index (χ4v) is 14.9. The monoisotopic (exact) mass is 770 g/mol. The van der Waals surface area contributed by atoms with Crippen molar-refractivity contribution in [2.45, 2.75) is 117 Å². The van der Waals surface area contributed by atoms with Gasteiger partial charge in [-0.25, -0.2) is 9.59 Å². The molecule has 16 heteroatoms. The first kappa shape index (κ1) is 50.8. The van der Waals surface area contributed by atoms with Gasteiger partial charge in [0.1, 0.15) is 11.3 Å². The SMILES string of the molecule is C=CC(=O)OC(C)C[Si](OCC)(OCC)OCC.C=CC(=O)OCC[Si](OCC)(OCC)OCC.CCCC1(OC)CCCC[Si]1(OC)OC. The molecular weight excluding hydrogens is 701 g/mol. The van der Waals surface area contributed by atoms with Gasteiger partial charge in [0.25, 0.3) is 0 Å². The lowest BCUT2D eigenvalue weighted by molar-refractivity contribution is -0.141. The smallest absolute Gasteiger partial charge is 0.463 e. The van der Waals surface area contributed by atoms with Gasteiger partial charge in [0, 0.05) is 73.1 Å². The van der Waals surface area contributed by atoms with Crippen molar-refractivity contribution in [2.75, 3.05) is 67.6 Å². The molecule has 0 amide bonds. The first-order valence-electron chi connectivity index (χ1n) is 18.0. The van der Waals surface area contributed by atoms with Crippen LogP contribution in [0.15, 0.2) is 25.3 Å². The Morgan fingerprint density at radius 2 is 1.20 bits per heavy atom. The third-order valence-corrected chi connectivity index (χ3v) is 18.4. The van der Waals surface area contributed by atoms with Gasteiger partial charge < -0.3 is 49.6 Å². The van der Waals surface area contributed by atoms with Crippen LogP contribution >= 0.6 is 0 Å². The fraction of sp³-hybridized carbons (Fsp3) is 0.824. The fourth-order valence-electron chi connectivity index (χ4n) is 5.86. The van der Waals surface area contributed by atoms with Crippen molar-refractivity contribution >= 4 is 38.1 Å². The van der Waals surface area contributed by atoms with Crippen LogP contribution in [-0.4, -0.2) is 117 Å². The van der Waals surface area contributed by atoms with Crippen LogP contribution in [-0.2, 0) is 59.2 Å². The molecule has 0 aromatic heterocycles. The van der Waals surface area contributed by atoms with E-state index in [2.05, 4.69) is 20.1 Å². The third-order valence-electron chi connectivity index (χ3n) is 7.76. The van der Waals surface area contributed by atoms with E-state index in [0.29, 0.717) is 51.7 Å². The summed E-state index contributed by atoms with van der Waals surface area (Å²) in [5.41, 5.74) is 0. The molecule has 1 fully saturated rings. The second kappa shape index (κ2) is 29.2. The second-order valence-corrected chi connectivity index (χ2v) is 20.2. The first-order valence-corrected chi connectivity index (χ1v) is 23.9. The van der Waals surface area contributed by atoms with E-state index in [-0.39, 0.29) is 17.9 Å². The van der Waals surface area contributed by atoms with Crippen LogP contribution in [0.1, 0.15) is 87.5 Å². The lowest BCUT2D eigenvalue weighted by atomic mass is 10.1. The van der Waals surface area contributed by atoms with Crippen molar-refractivity contribution in [3.8, 4) is 0 Å². The number of esters is 2. The Morgan fingerprint density at radius 3 is 1.58 bits per heavy atom. The van der Waals surface area contributed by atoms with Crippen molar-refractivity contribution in [3.63, 3.8) is 0 Å². The predicted molar refractivity (Wildman–Crippen MR) is 201 cm³/mol. The van der Waals surface area contributed by atoms with Crippen LogP contribution in [0.25, 0.3) is 0 Å². The molecule has 0 N–H and O–H groups in total. The molecule has 13 nitrogen and oxygen atoms in total. The normalized spacial score (nSPS) is 17.7. The summed E-state index contributed by atoms with van der Waals surface area (Å²) in [7, 11) is -2.22. The highest BCUT2D eigenvalue weighted by molar-refractivity contribution is 6.70. The van der Waals surface area contributed by atoms with Crippen molar-refractivity contribution in [1.82, 2.24) is 0 Å². The maximum atomic E-state index is 11.1. The molecule has 2 atom stereocenters. The van der Waals surface area contributed by atoms with Gasteiger partial charge in [0.2, 0.25) is 0 Å². The number of hydrogen-bond donors (Lipinski definition) is 0. The highest BCUT2D eigenvalue weighted by Gasteiger charge is 2.58. The van der Waals surface area contributed by atoms with Gasteiger partial charge in [-0.2, -0.15) is 0 Å². The molecule has 0 saturated carbocycles. The second-order valence-electron chi connectivity index (χ2n) is 11.1. The van der Waals surface area contributed by atoms with Crippen molar-refractivity contribution in [2.24, 2.45) is 0 Å². The molecule has 2 unspecified atom stereocenters. The van der Waals surface area contributed by atoms with Gasteiger partial charge in [-0.15, -0.1) is 0 Å². The summed E-state index contributed by atoms with van der Waals surface area (Å²) in [6.45, 7) is 25.3. The molecule has 1 aliphatic rings. The van der Waals surface area contributed by atoms with Gasteiger partial charge in [-0.3, -0.25) is 0 Å². The van der Waals surface area contributed by atoms with E-state index in [9.17, 15) is 9.59 Å². The van der Waals surface area contributed by atoms with E-state index in [1.807, 2.05) is 41.5 Å². The Balaban J connectivity index is 0. The average Bonchev–Trinajstić information content (AvgIpc) is 3.09. The number of ether oxygens (including phenoxy) is 3. The quantitative estimate of drug-likeness (QED) is 0.0565. The van der Waals surface area contributed by atoms with E-state index in [0.717, 1.165) is 37.5 Å². The van der Waals surface area contributed by atoms with Crippen molar-refractivity contribution < 1.29 is 59.2 Å². The van der Waals surface area contributed by atoms with Gasteiger partial charge >= 0.3 is 38.1 Å². The molecule has 0 bridgehead atoms. The Bertz CT molecular complexity index is 870. The molecule has 50 heavy (non-hydrogen) atoms. The number of methoxy groups -OCH3 is 1. The largest absolute Gasteiger partial charge is 0.504 e. The highest BCUT2D eigenvalue weighted by Crippen LogP contribution is 2.42. The standard InChI is InChI=1S/C12H24O5Si.C11H22O5Si.C11H24O3Si/c1-6-12(13)17-11(5)10-18(14-7-2,15-8-3)16-9-4;1-5-11(12)13-9-10-17(14-6-2,15-7-3)16-8-4;1-5-8-11(12-2)9-6-7-10-15(11,13-3)14-4/h6,11H,1,7-10H2,2-5H3;5H,1,6-10H2,2-4H3;5-10H2,1-4H3. The number of carbonyl (C=O) groups excluding carboxylic acids is 2. The minimum absolute atomic E-state index is 0.122. The zero-order valence-corrected chi connectivity index (χ0v) is 36.1. The maximum absolute atomic E-state index is 11.1. The third kappa shape index (κ3) is 18.0. The molecular formula is C34H70O13Si3. The lowest BCUT2D eigenvalue weighted by Gasteiger charge is -2.47. The zero-order valence-electron chi connectivity index (χ0n) is 33.1. The molecule has 1 aliphatic heterocycles. The number of rotatable bonds is 25. The van der Waals surface area contributed by atoms with Gasteiger partial charge in [0.05, 0.1) is 18.7 Å². The van der Waals surface area contributed by atoms with Crippen LogP contribution in [0, 0.1) is 0 Å². The van der Waals surface area contributed by atoms with Gasteiger partial charge in [-0.1, -0.05) is 39.3 Å². The van der Waals surface area contributed by atoms with E-state index in [4.69, 9.17) is 49.6 Å². The Hall–Kier alpha value is -1.29. The molecule has 0 spiro atoms.